The molecule has 0 spiro atoms. The van der Waals surface area contributed by atoms with E-state index in [0.717, 1.165) is 37.2 Å². The largest absolute Gasteiger partial charge is 0.368 e. The second kappa shape index (κ2) is 8.39. The van der Waals surface area contributed by atoms with Gasteiger partial charge in [0.25, 0.3) is 0 Å². The normalized spacial score (nSPS) is 18.9. The second-order valence-corrected chi connectivity index (χ2v) is 7.27. The molecule has 0 unspecified atom stereocenters. The highest BCUT2D eigenvalue weighted by molar-refractivity contribution is 5.94. The van der Waals surface area contributed by atoms with Crippen LogP contribution in [-0.4, -0.2) is 48.9 Å². The maximum atomic E-state index is 12.5. The zero-order chi connectivity index (χ0) is 18.5. The van der Waals surface area contributed by atoms with Crippen LogP contribution in [0.2, 0.25) is 0 Å². The van der Waals surface area contributed by atoms with Crippen molar-refractivity contribution < 1.29 is 9.59 Å². The second-order valence-electron chi connectivity index (χ2n) is 7.27. The number of benzene rings is 1. The van der Waals surface area contributed by atoms with Gasteiger partial charge in [0.05, 0.1) is 0 Å². The van der Waals surface area contributed by atoms with Gasteiger partial charge >= 0.3 is 6.03 Å². The Hall–Kier alpha value is -2.30. The molecule has 1 aliphatic carbocycles. The molecule has 2 aliphatic rings. The number of nitrogens with zero attached hydrogens (tertiary/aromatic N) is 2. The highest BCUT2D eigenvalue weighted by Gasteiger charge is 2.23. The number of allylic oxidation sites excluding steroid dienone is 1. The number of nitrogens with one attached hydrogen (secondary N) is 1. The Morgan fingerprint density at radius 1 is 1.04 bits per heavy atom. The molecule has 1 saturated heterocycles. The molecule has 0 bridgehead atoms. The fraction of sp³-hybridized carbons (Fsp3) is 0.524. The van der Waals surface area contributed by atoms with Crippen LogP contribution in [0.5, 0.6) is 0 Å². The summed E-state index contributed by atoms with van der Waals surface area (Å²) in [5, 5.41) is 3.16. The van der Waals surface area contributed by atoms with Gasteiger partial charge in [-0.2, -0.15) is 0 Å². The lowest BCUT2D eigenvalue weighted by Crippen LogP contribution is -2.53. The minimum absolute atomic E-state index is 0.0375. The lowest BCUT2D eigenvalue weighted by molar-refractivity contribution is 0.101. The molecule has 5 heteroatoms. The van der Waals surface area contributed by atoms with Crippen LogP contribution < -0.4 is 10.2 Å². The molecule has 140 valence electrons. The van der Waals surface area contributed by atoms with Crippen LogP contribution >= 0.6 is 0 Å². The van der Waals surface area contributed by atoms with Crippen molar-refractivity contribution in [3.05, 3.63) is 41.5 Å². The molecule has 1 fully saturated rings. The Bertz CT molecular complexity index is 673. The van der Waals surface area contributed by atoms with Crippen LogP contribution in [0.1, 0.15) is 49.9 Å². The molecule has 3 rings (SSSR count). The molecule has 5 nitrogen and oxygen atoms in total. The first-order valence-electron chi connectivity index (χ1n) is 9.65. The van der Waals surface area contributed by atoms with Crippen LogP contribution in [0.25, 0.3) is 0 Å². The fourth-order valence-corrected chi connectivity index (χ4v) is 3.70. The molecule has 2 amide bonds. The van der Waals surface area contributed by atoms with E-state index in [1.165, 1.54) is 18.4 Å². The monoisotopic (exact) mass is 355 g/mol. The van der Waals surface area contributed by atoms with Crippen molar-refractivity contribution >= 4 is 17.5 Å². The van der Waals surface area contributed by atoms with E-state index in [1.54, 1.807) is 6.92 Å². The summed E-state index contributed by atoms with van der Waals surface area (Å²) in [6.07, 6.45) is 7.02. The molecule has 1 atom stereocenters. The fourth-order valence-electron chi connectivity index (χ4n) is 3.70. The SMILES string of the molecule is CC(=O)c1ccc(N2CCN(C(=O)N[C@@H](C)C3=CCCCC3)CC2)cc1. The molecule has 26 heavy (non-hydrogen) atoms. The molecule has 0 saturated carbocycles. The summed E-state index contributed by atoms with van der Waals surface area (Å²) in [6, 6.07) is 7.89. The van der Waals surface area contributed by atoms with Gasteiger partial charge in [-0.3, -0.25) is 4.79 Å². The molecule has 1 aliphatic heterocycles. The predicted molar refractivity (Wildman–Crippen MR) is 105 cm³/mol. The van der Waals surface area contributed by atoms with E-state index in [9.17, 15) is 9.59 Å². The van der Waals surface area contributed by atoms with E-state index in [1.807, 2.05) is 29.2 Å². The standard InChI is InChI=1S/C21H29N3O2/c1-16(18-6-4-3-5-7-18)22-21(26)24-14-12-23(13-15-24)20-10-8-19(9-11-20)17(2)25/h6,8-11,16H,3-5,7,12-15H2,1-2H3,(H,22,26)/t16-/m0/s1. The van der Waals surface area contributed by atoms with Gasteiger partial charge in [0.15, 0.2) is 5.78 Å². The van der Waals surface area contributed by atoms with E-state index in [4.69, 9.17) is 0 Å². The third kappa shape index (κ3) is 4.45. The topological polar surface area (TPSA) is 52.7 Å². The van der Waals surface area contributed by atoms with E-state index in [2.05, 4.69) is 23.2 Å². The number of carbonyl (C=O) groups excluding carboxylic acids is 2. The van der Waals surface area contributed by atoms with Crippen LogP contribution in [0.3, 0.4) is 0 Å². The first-order valence-corrected chi connectivity index (χ1v) is 9.65. The number of carbonyl (C=O) groups is 2. The lowest BCUT2D eigenvalue weighted by atomic mass is 9.95. The van der Waals surface area contributed by atoms with Crippen molar-refractivity contribution in [3.8, 4) is 0 Å². The van der Waals surface area contributed by atoms with Crippen molar-refractivity contribution in [2.75, 3.05) is 31.1 Å². The summed E-state index contributed by atoms with van der Waals surface area (Å²) in [6.45, 7) is 6.71. The Morgan fingerprint density at radius 3 is 2.31 bits per heavy atom. The number of anilines is 1. The number of hydrogen-bond donors (Lipinski definition) is 1. The summed E-state index contributed by atoms with van der Waals surface area (Å²) < 4.78 is 0. The Labute approximate surface area is 156 Å². The molecular weight excluding hydrogens is 326 g/mol. The minimum Gasteiger partial charge on any atom is -0.368 e. The van der Waals surface area contributed by atoms with Crippen LogP contribution in [-0.2, 0) is 0 Å². The van der Waals surface area contributed by atoms with Crippen molar-refractivity contribution in [3.63, 3.8) is 0 Å². The van der Waals surface area contributed by atoms with Crippen molar-refractivity contribution in [1.82, 2.24) is 10.2 Å². The summed E-state index contributed by atoms with van der Waals surface area (Å²) in [5.41, 5.74) is 3.21. The molecule has 0 radical (unpaired) electrons. The molecule has 1 aromatic carbocycles. The van der Waals surface area contributed by atoms with Gasteiger partial charge in [0, 0.05) is 43.5 Å². The first-order chi connectivity index (χ1) is 12.5. The number of amides is 2. The smallest absolute Gasteiger partial charge is 0.317 e. The molecular formula is C21H29N3O2. The van der Waals surface area contributed by atoms with Crippen molar-refractivity contribution in [2.24, 2.45) is 0 Å². The Morgan fingerprint density at radius 2 is 1.73 bits per heavy atom. The Balaban J connectivity index is 1.50. The third-order valence-corrected chi connectivity index (χ3v) is 5.43. The number of Topliss-reactive ketones (excluding diaryl/α,β-unsaturated/α-hetero) is 1. The highest BCUT2D eigenvalue weighted by atomic mass is 16.2. The molecule has 1 aromatic rings. The molecule has 1 heterocycles. The van der Waals surface area contributed by atoms with Gasteiger partial charge in [-0.05, 0) is 63.8 Å². The third-order valence-electron chi connectivity index (χ3n) is 5.43. The van der Waals surface area contributed by atoms with E-state index in [0.29, 0.717) is 13.1 Å². The summed E-state index contributed by atoms with van der Waals surface area (Å²) in [4.78, 5) is 28.1. The minimum atomic E-state index is 0.0375. The summed E-state index contributed by atoms with van der Waals surface area (Å²) in [5.74, 6) is 0.0836. The predicted octanol–water partition coefficient (Wildman–Crippen LogP) is 3.61. The van der Waals surface area contributed by atoms with Gasteiger partial charge < -0.3 is 15.1 Å². The number of urea groups is 1. The van der Waals surface area contributed by atoms with Gasteiger partial charge in [-0.1, -0.05) is 11.6 Å². The average molecular weight is 355 g/mol. The van der Waals surface area contributed by atoms with Gasteiger partial charge in [-0.15, -0.1) is 0 Å². The van der Waals surface area contributed by atoms with E-state index in [-0.39, 0.29) is 17.9 Å². The lowest BCUT2D eigenvalue weighted by Gasteiger charge is -2.36. The molecule has 0 aromatic heterocycles. The summed E-state index contributed by atoms with van der Waals surface area (Å²) in [7, 11) is 0. The highest BCUT2D eigenvalue weighted by Crippen LogP contribution is 2.21. The number of hydrogen-bond acceptors (Lipinski definition) is 3. The van der Waals surface area contributed by atoms with Crippen molar-refractivity contribution in [2.45, 2.75) is 45.6 Å². The maximum absolute atomic E-state index is 12.5. The van der Waals surface area contributed by atoms with Crippen LogP contribution in [0.15, 0.2) is 35.9 Å². The van der Waals surface area contributed by atoms with Gasteiger partial charge in [-0.25, -0.2) is 4.79 Å². The summed E-state index contributed by atoms with van der Waals surface area (Å²) >= 11 is 0. The first kappa shape index (κ1) is 18.5. The zero-order valence-corrected chi connectivity index (χ0v) is 15.8. The molecule has 1 N–H and O–H groups in total. The van der Waals surface area contributed by atoms with Crippen LogP contribution in [0.4, 0.5) is 10.5 Å². The van der Waals surface area contributed by atoms with Crippen molar-refractivity contribution in [1.29, 1.82) is 0 Å². The van der Waals surface area contributed by atoms with E-state index < -0.39 is 0 Å². The maximum Gasteiger partial charge on any atom is 0.317 e. The van der Waals surface area contributed by atoms with Gasteiger partial charge in [0.2, 0.25) is 0 Å². The Kier molecular flexibility index (Phi) is 5.96. The number of rotatable bonds is 4. The van der Waals surface area contributed by atoms with E-state index >= 15 is 0 Å². The van der Waals surface area contributed by atoms with Crippen LogP contribution in [0, 0.1) is 0 Å². The average Bonchev–Trinajstić information content (AvgIpc) is 2.69. The quantitative estimate of drug-likeness (QED) is 0.663. The number of piperazine rings is 1. The zero-order valence-electron chi connectivity index (χ0n) is 15.8. The number of ketones is 1. The van der Waals surface area contributed by atoms with Gasteiger partial charge in [0.1, 0.15) is 0 Å².